The molecule has 1 aliphatic rings. The lowest BCUT2D eigenvalue weighted by atomic mass is 10.1. The fraction of sp³-hybridized carbons (Fsp3) is 0.400. The summed E-state index contributed by atoms with van der Waals surface area (Å²) in [6.07, 6.45) is 4.26. The van der Waals surface area contributed by atoms with Crippen LogP contribution in [-0.4, -0.2) is 24.1 Å². The molecule has 0 N–H and O–H groups in total. The molecule has 1 amide bonds. The Labute approximate surface area is 108 Å². The Balaban J connectivity index is 1.71. The molecule has 1 heterocycles. The molecule has 0 spiro atoms. The predicted molar refractivity (Wildman–Crippen MR) is 71.2 cm³/mol. The van der Waals surface area contributed by atoms with Gasteiger partial charge in [-0.15, -0.1) is 0 Å². The van der Waals surface area contributed by atoms with Crippen molar-refractivity contribution in [3.8, 4) is 0 Å². The van der Waals surface area contributed by atoms with Crippen LogP contribution in [0.5, 0.6) is 0 Å². The Bertz CT molecular complexity index is 417. The highest BCUT2D eigenvalue weighted by Crippen LogP contribution is 2.17. The molecule has 3 heteroatoms. The average Bonchev–Trinajstić information content (AvgIpc) is 2.36. The molecule has 0 radical (unpaired) electrons. The second kappa shape index (κ2) is 6.24. The van der Waals surface area contributed by atoms with Crippen molar-refractivity contribution in [1.29, 1.82) is 0 Å². The predicted octanol–water partition coefficient (Wildman–Crippen LogP) is 3.37. The lowest BCUT2D eigenvalue weighted by Gasteiger charge is -2.33. The zero-order valence-corrected chi connectivity index (χ0v) is 10.8. The Morgan fingerprint density at radius 1 is 1.33 bits per heavy atom. The molecule has 2 rings (SSSR count). The quantitative estimate of drug-likeness (QED) is 0.761. The van der Waals surface area contributed by atoms with Crippen LogP contribution in [0.15, 0.2) is 42.0 Å². The number of amides is 1. The number of likely N-dealkylation sites (tertiary alicyclic amines) is 1. The van der Waals surface area contributed by atoms with Gasteiger partial charge in [-0.05, 0) is 17.6 Å². The summed E-state index contributed by atoms with van der Waals surface area (Å²) in [4.78, 5) is 13.4. The Hall–Kier alpha value is -1.77. The number of ether oxygens (including phenoxy) is 1. The second-order valence-corrected chi connectivity index (χ2v) is 4.55. The van der Waals surface area contributed by atoms with Gasteiger partial charge >= 0.3 is 6.09 Å². The highest BCUT2D eigenvalue weighted by Gasteiger charge is 2.25. The van der Waals surface area contributed by atoms with Crippen molar-refractivity contribution in [3.05, 3.63) is 47.5 Å². The minimum Gasteiger partial charge on any atom is -0.445 e. The highest BCUT2D eigenvalue weighted by atomic mass is 16.6. The topological polar surface area (TPSA) is 29.5 Å². The molecule has 18 heavy (non-hydrogen) atoms. The van der Waals surface area contributed by atoms with E-state index in [0.29, 0.717) is 6.61 Å². The summed E-state index contributed by atoms with van der Waals surface area (Å²) in [5.74, 6) is 0. The first-order valence-electron chi connectivity index (χ1n) is 6.43. The monoisotopic (exact) mass is 245 g/mol. The largest absolute Gasteiger partial charge is 0.445 e. The fourth-order valence-electron chi connectivity index (χ4n) is 1.86. The molecule has 1 aromatic carbocycles. The number of carbonyl (C=O) groups excluding carboxylic acids is 1. The van der Waals surface area contributed by atoms with Crippen LogP contribution in [0.1, 0.15) is 25.3 Å². The number of rotatable bonds is 4. The molecule has 0 aliphatic carbocycles. The molecule has 1 saturated heterocycles. The minimum absolute atomic E-state index is 0.215. The van der Waals surface area contributed by atoms with E-state index >= 15 is 0 Å². The van der Waals surface area contributed by atoms with Gasteiger partial charge in [0.1, 0.15) is 6.61 Å². The first kappa shape index (κ1) is 12.7. The normalized spacial score (nSPS) is 14.1. The summed E-state index contributed by atoms with van der Waals surface area (Å²) in [5.41, 5.74) is 2.36. The van der Waals surface area contributed by atoms with Crippen LogP contribution in [0.3, 0.4) is 0 Å². The third-order valence-corrected chi connectivity index (χ3v) is 2.97. The van der Waals surface area contributed by atoms with Crippen molar-refractivity contribution in [3.63, 3.8) is 0 Å². The van der Waals surface area contributed by atoms with Gasteiger partial charge in [0.2, 0.25) is 0 Å². The van der Waals surface area contributed by atoms with E-state index in [4.69, 9.17) is 4.74 Å². The van der Waals surface area contributed by atoms with E-state index in [1.54, 1.807) is 4.90 Å². The third-order valence-electron chi connectivity index (χ3n) is 2.97. The van der Waals surface area contributed by atoms with E-state index in [1.807, 2.05) is 30.3 Å². The molecule has 0 atom stereocenters. The Morgan fingerprint density at radius 3 is 2.72 bits per heavy atom. The highest BCUT2D eigenvalue weighted by molar-refractivity contribution is 5.70. The number of hydrogen-bond donors (Lipinski definition) is 0. The average molecular weight is 245 g/mol. The summed E-state index contributed by atoms with van der Waals surface area (Å²) in [6.45, 7) is 3.97. The molecule has 1 fully saturated rings. The van der Waals surface area contributed by atoms with Gasteiger partial charge in [0.05, 0.1) is 0 Å². The molecule has 0 bridgehead atoms. The van der Waals surface area contributed by atoms with Gasteiger partial charge in [-0.1, -0.05) is 49.8 Å². The summed E-state index contributed by atoms with van der Waals surface area (Å²) >= 11 is 0. The van der Waals surface area contributed by atoms with Crippen LogP contribution in [0.2, 0.25) is 0 Å². The van der Waals surface area contributed by atoms with Gasteiger partial charge in [0, 0.05) is 13.1 Å². The maximum Gasteiger partial charge on any atom is 0.410 e. The van der Waals surface area contributed by atoms with Crippen LogP contribution in [0.4, 0.5) is 4.79 Å². The van der Waals surface area contributed by atoms with E-state index in [2.05, 4.69) is 13.0 Å². The number of unbranched alkanes of at least 4 members (excludes halogenated alkanes) is 1. The van der Waals surface area contributed by atoms with Crippen LogP contribution in [-0.2, 0) is 11.3 Å². The molecule has 0 unspecified atom stereocenters. The summed E-state index contributed by atoms with van der Waals surface area (Å²) in [7, 11) is 0. The number of nitrogens with zero attached hydrogens (tertiary/aromatic N) is 1. The maximum absolute atomic E-state index is 11.7. The summed E-state index contributed by atoms with van der Waals surface area (Å²) < 4.78 is 5.24. The van der Waals surface area contributed by atoms with E-state index in [-0.39, 0.29) is 6.09 Å². The third kappa shape index (κ3) is 3.36. The number of hydrogen-bond acceptors (Lipinski definition) is 2. The van der Waals surface area contributed by atoms with Crippen LogP contribution >= 0.6 is 0 Å². The molecule has 3 nitrogen and oxygen atoms in total. The van der Waals surface area contributed by atoms with Crippen LogP contribution in [0.25, 0.3) is 0 Å². The molecule has 1 aliphatic heterocycles. The minimum atomic E-state index is -0.215. The van der Waals surface area contributed by atoms with E-state index in [9.17, 15) is 4.79 Å². The van der Waals surface area contributed by atoms with Gasteiger partial charge in [-0.25, -0.2) is 4.79 Å². The van der Waals surface area contributed by atoms with E-state index in [1.165, 1.54) is 5.57 Å². The Kier molecular flexibility index (Phi) is 4.40. The van der Waals surface area contributed by atoms with Gasteiger partial charge in [-0.2, -0.15) is 0 Å². The molecular formula is C15H19NO2. The number of allylic oxidation sites excluding steroid dienone is 1. The van der Waals surface area contributed by atoms with Crippen molar-refractivity contribution >= 4 is 6.09 Å². The Morgan fingerprint density at radius 2 is 2.06 bits per heavy atom. The summed E-state index contributed by atoms with van der Waals surface area (Å²) in [6, 6.07) is 9.74. The molecule has 0 saturated carbocycles. The summed E-state index contributed by atoms with van der Waals surface area (Å²) in [5, 5.41) is 0. The first-order chi connectivity index (χ1) is 8.79. The SMILES string of the molecule is CCCC=C1CN(C(=O)OCc2ccccc2)C1. The van der Waals surface area contributed by atoms with Crippen molar-refractivity contribution < 1.29 is 9.53 Å². The van der Waals surface area contributed by atoms with Gasteiger partial charge < -0.3 is 9.64 Å². The lowest BCUT2D eigenvalue weighted by molar-refractivity contribution is 0.0903. The van der Waals surface area contributed by atoms with Crippen molar-refractivity contribution in [2.75, 3.05) is 13.1 Å². The van der Waals surface area contributed by atoms with E-state index < -0.39 is 0 Å². The van der Waals surface area contributed by atoms with Gasteiger partial charge in [-0.3, -0.25) is 0 Å². The number of carbonyl (C=O) groups is 1. The maximum atomic E-state index is 11.7. The zero-order chi connectivity index (χ0) is 12.8. The molecule has 1 aromatic rings. The number of benzene rings is 1. The first-order valence-corrected chi connectivity index (χ1v) is 6.43. The zero-order valence-electron chi connectivity index (χ0n) is 10.8. The van der Waals surface area contributed by atoms with Crippen LogP contribution < -0.4 is 0 Å². The standard InChI is InChI=1S/C15H19NO2/c1-2-3-7-14-10-16(11-14)15(17)18-12-13-8-5-4-6-9-13/h4-9H,2-3,10-12H2,1H3. The molecule has 0 aromatic heterocycles. The smallest absolute Gasteiger partial charge is 0.410 e. The second-order valence-electron chi connectivity index (χ2n) is 4.55. The molecule has 96 valence electrons. The van der Waals surface area contributed by atoms with Crippen molar-refractivity contribution in [2.45, 2.75) is 26.4 Å². The lowest BCUT2D eigenvalue weighted by Crippen LogP contribution is -2.44. The van der Waals surface area contributed by atoms with Crippen LogP contribution in [0, 0.1) is 0 Å². The van der Waals surface area contributed by atoms with Gasteiger partial charge in [0.15, 0.2) is 0 Å². The molecular weight excluding hydrogens is 226 g/mol. The van der Waals surface area contributed by atoms with Crippen molar-refractivity contribution in [2.24, 2.45) is 0 Å². The van der Waals surface area contributed by atoms with Gasteiger partial charge in [0.25, 0.3) is 0 Å². The fourth-order valence-corrected chi connectivity index (χ4v) is 1.86. The van der Waals surface area contributed by atoms with E-state index in [0.717, 1.165) is 31.5 Å². The van der Waals surface area contributed by atoms with Crippen molar-refractivity contribution in [1.82, 2.24) is 4.90 Å².